The van der Waals surface area contributed by atoms with Gasteiger partial charge in [-0.2, -0.15) is 0 Å². The highest BCUT2D eigenvalue weighted by Crippen LogP contribution is 2.09. The number of carboxylic acids is 1. The maximum atomic E-state index is 12.2. The summed E-state index contributed by atoms with van der Waals surface area (Å²) in [6.07, 6.45) is 0.874. The van der Waals surface area contributed by atoms with Crippen LogP contribution in [0.25, 0.3) is 0 Å². The van der Waals surface area contributed by atoms with Gasteiger partial charge in [-0.15, -0.1) is 0 Å². The fourth-order valence-electron chi connectivity index (χ4n) is 3.18. The Morgan fingerprint density at radius 1 is 0.929 bits per heavy atom. The van der Waals surface area contributed by atoms with Crippen LogP contribution in [-0.4, -0.2) is 47.7 Å². The summed E-state index contributed by atoms with van der Waals surface area (Å²) in [6.45, 7) is 7.01. The summed E-state index contributed by atoms with van der Waals surface area (Å²) in [7, 11) is 0. The van der Waals surface area contributed by atoms with E-state index in [1.807, 2.05) is 18.2 Å². The van der Waals surface area contributed by atoms with Crippen LogP contribution in [0.4, 0.5) is 4.79 Å². The number of urea groups is 1. The molecule has 1 atom stereocenters. The molecule has 6 heteroatoms. The number of hydrogen-bond donors (Lipinski definition) is 3. The molecule has 0 bridgehead atoms. The van der Waals surface area contributed by atoms with Crippen LogP contribution in [0.15, 0.2) is 54.6 Å². The minimum Gasteiger partial charge on any atom is -0.478 e. The molecule has 6 nitrogen and oxygen atoms in total. The van der Waals surface area contributed by atoms with Crippen molar-refractivity contribution in [1.29, 1.82) is 0 Å². The zero-order valence-electron chi connectivity index (χ0n) is 16.5. The monoisotopic (exact) mass is 383 g/mol. The van der Waals surface area contributed by atoms with Crippen molar-refractivity contribution in [3.8, 4) is 0 Å². The maximum Gasteiger partial charge on any atom is 0.335 e. The lowest BCUT2D eigenvalue weighted by Crippen LogP contribution is -2.47. The summed E-state index contributed by atoms with van der Waals surface area (Å²) < 4.78 is 0. The Labute approximate surface area is 166 Å². The lowest BCUT2D eigenvalue weighted by molar-refractivity contribution is 0.0697. The second-order valence-electron chi connectivity index (χ2n) is 6.63. The van der Waals surface area contributed by atoms with E-state index in [2.05, 4.69) is 41.5 Å². The first-order chi connectivity index (χ1) is 13.5. The summed E-state index contributed by atoms with van der Waals surface area (Å²) in [6, 6.07) is 16.8. The fraction of sp³-hybridized carbons (Fsp3) is 0.364. The Hall–Kier alpha value is -2.86. The van der Waals surface area contributed by atoms with E-state index in [0.717, 1.165) is 25.1 Å². The van der Waals surface area contributed by atoms with Crippen LogP contribution in [0.2, 0.25) is 0 Å². The van der Waals surface area contributed by atoms with Crippen molar-refractivity contribution in [2.24, 2.45) is 0 Å². The van der Waals surface area contributed by atoms with E-state index >= 15 is 0 Å². The summed E-state index contributed by atoms with van der Waals surface area (Å²) in [5.74, 6) is -0.960. The topological polar surface area (TPSA) is 81.7 Å². The highest BCUT2D eigenvalue weighted by atomic mass is 16.4. The largest absolute Gasteiger partial charge is 0.478 e. The second-order valence-corrected chi connectivity index (χ2v) is 6.63. The van der Waals surface area contributed by atoms with Crippen molar-refractivity contribution in [1.82, 2.24) is 15.5 Å². The standard InChI is InChI=1S/C22H29N3O3/c1-3-25(4-2)20(14-17-8-6-5-7-9-17)16-24-22(28)23-15-18-10-12-19(13-11-18)21(26)27/h5-13,20H,3-4,14-16H2,1-2H3,(H,26,27)(H2,23,24,28). The highest BCUT2D eigenvalue weighted by molar-refractivity contribution is 5.87. The van der Waals surface area contributed by atoms with Gasteiger partial charge in [0.05, 0.1) is 5.56 Å². The van der Waals surface area contributed by atoms with Gasteiger partial charge < -0.3 is 15.7 Å². The molecule has 150 valence electrons. The van der Waals surface area contributed by atoms with E-state index in [-0.39, 0.29) is 17.6 Å². The molecule has 1 unspecified atom stereocenters. The van der Waals surface area contributed by atoms with Crippen LogP contribution in [0.1, 0.15) is 35.3 Å². The number of likely N-dealkylation sites (N-methyl/N-ethyl adjacent to an activating group) is 1. The lowest BCUT2D eigenvalue weighted by Gasteiger charge is -2.30. The normalized spacial score (nSPS) is 11.8. The van der Waals surface area contributed by atoms with E-state index in [4.69, 9.17) is 5.11 Å². The number of carbonyl (C=O) groups is 2. The summed E-state index contributed by atoms with van der Waals surface area (Å²) in [5.41, 5.74) is 2.33. The number of benzene rings is 2. The van der Waals surface area contributed by atoms with Gasteiger partial charge in [0.1, 0.15) is 0 Å². The molecule has 0 aliphatic carbocycles. The van der Waals surface area contributed by atoms with Gasteiger partial charge in [-0.1, -0.05) is 56.3 Å². The average molecular weight is 383 g/mol. The van der Waals surface area contributed by atoms with Gasteiger partial charge in [-0.3, -0.25) is 4.90 Å². The van der Waals surface area contributed by atoms with Crippen LogP contribution < -0.4 is 10.6 Å². The van der Waals surface area contributed by atoms with Crippen molar-refractivity contribution in [3.05, 3.63) is 71.3 Å². The minimum atomic E-state index is -0.960. The SMILES string of the molecule is CCN(CC)C(CNC(=O)NCc1ccc(C(=O)O)cc1)Cc1ccccc1. The van der Waals surface area contributed by atoms with Gasteiger partial charge in [-0.05, 0) is 42.8 Å². The predicted molar refractivity (Wildman–Crippen MR) is 110 cm³/mol. The van der Waals surface area contributed by atoms with E-state index in [1.54, 1.807) is 12.1 Å². The molecule has 0 saturated carbocycles. The van der Waals surface area contributed by atoms with E-state index in [9.17, 15) is 9.59 Å². The number of aromatic carboxylic acids is 1. The van der Waals surface area contributed by atoms with Crippen molar-refractivity contribution in [2.45, 2.75) is 32.9 Å². The molecular weight excluding hydrogens is 354 g/mol. The van der Waals surface area contributed by atoms with E-state index in [1.165, 1.54) is 17.7 Å². The number of nitrogens with zero attached hydrogens (tertiary/aromatic N) is 1. The third-order valence-corrected chi connectivity index (χ3v) is 4.80. The van der Waals surface area contributed by atoms with Gasteiger partial charge in [-0.25, -0.2) is 9.59 Å². The molecule has 2 rings (SSSR count). The molecule has 0 spiro atoms. The minimum absolute atomic E-state index is 0.220. The van der Waals surface area contributed by atoms with Gasteiger partial charge in [0.25, 0.3) is 0 Å². The van der Waals surface area contributed by atoms with Gasteiger partial charge in [0.2, 0.25) is 0 Å². The molecule has 0 heterocycles. The Kier molecular flexibility index (Phi) is 8.49. The van der Waals surface area contributed by atoms with Crippen LogP contribution in [0.5, 0.6) is 0 Å². The first-order valence-corrected chi connectivity index (χ1v) is 9.65. The molecule has 0 fully saturated rings. The molecule has 2 aromatic rings. The first-order valence-electron chi connectivity index (χ1n) is 9.65. The number of carbonyl (C=O) groups excluding carboxylic acids is 1. The Balaban J connectivity index is 1.86. The third kappa shape index (κ3) is 6.70. The van der Waals surface area contributed by atoms with Crippen LogP contribution in [-0.2, 0) is 13.0 Å². The first kappa shape index (κ1) is 21.4. The van der Waals surface area contributed by atoms with Gasteiger partial charge in [0, 0.05) is 19.1 Å². The Bertz CT molecular complexity index is 743. The third-order valence-electron chi connectivity index (χ3n) is 4.80. The molecule has 2 amide bonds. The van der Waals surface area contributed by atoms with E-state index in [0.29, 0.717) is 13.1 Å². The molecule has 0 aliphatic rings. The number of amides is 2. The molecular formula is C22H29N3O3. The Morgan fingerprint density at radius 3 is 2.14 bits per heavy atom. The van der Waals surface area contributed by atoms with Gasteiger partial charge in [0.15, 0.2) is 0 Å². The lowest BCUT2D eigenvalue weighted by atomic mass is 10.0. The summed E-state index contributed by atoms with van der Waals surface area (Å²) >= 11 is 0. The molecule has 28 heavy (non-hydrogen) atoms. The number of hydrogen-bond acceptors (Lipinski definition) is 3. The van der Waals surface area contributed by atoms with Crippen molar-refractivity contribution in [2.75, 3.05) is 19.6 Å². The molecule has 0 aromatic heterocycles. The highest BCUT2D eigenvalue weighted by Gasteiger charge is 2.17. The smallest absolute Gasteiger partial charge is 0.335 e. The van der Waals surface area contributed by atoms with Crippen molar-refractivity contribution < 1.29 is 14.7 Å². The number of nitrogens with one attached hydrogen (secondary N) is 2. The fourth-order valence-corrected chi connectivity index (χ4v) is 3.18. The molecule has 0 radical (unpaired) electrons. The Morgan fingerprint density at radius 2 is 1.57 bits per heavy atom. The summed E-state index contributed by atoms with van der Waals surface area (Å²) in [4.78, 5) is 25.4. The molecule has 0 aliphatic heterocycles. The number of rotatable bonds is 10. The van der Waals surface area contributed by atoms with Crippen molar-refractivity contribution >= 4 is 12.0 Å². The predicted octanol–water partition coefficient (Wildman–Crippen LogP) is 3.14. The zero-order valence-corrected chi connectivity index (χ0v) is 16.5. The molecule has 0 saturated heterocycles. The maximum absolute atomic E-state index is 12.2. The average Bonchev–Trinajstić information content (AvgIpc) is 2.72. The van der Waals surface area contributed by atoms with Gasteiger partial charge >= 0.3 is 12.0 Å². The van der Waals surface area contributed by atoms with Crippen molar-refractivity contribution in [3.63, 3.8) is 0 Å². The van der Waals surface area contributed by atoms with Crippen LogP contribution >= 0.6 is 0 Å². The van der Waals surface area contributed by atoms with Crippen LogP contribution in [0.3, 0.4) is 0 Å². The second kappa shape index (κ2) is 11.1. The quantitative estimate of drug-likeness (QED) is 0.589. The molecule has 2 aromatic carbocycles. The number of carboxylic acid groups (broad SMARTS) is 1. The zero-order chi connectivity index (χ0) is 20.4. The van der Waals surface area contributed by atoms with E-state index < -0.39 is 5.97 Å². The van der Waals surface area contributed by atoms with Crippen LogP contribution in [0, 0.1) is 0 Å². The summed E-state index contributed by atoms with van der Waals surface area (Å²) in [5, 5.41) is 14.7. The molecule has 3 N–H and O–H groups in total.